The van der Waals surface area contributed by atoms with Gasteiger partial charge in [0.1, 0.15) is 5.82 Å². The van der Waals surface area contributed by atoms with Crippen LogP contribution in [0.4, 0.5) is 10.1 Å². The minimum Gasteiger partial charge on any atom is -0.394 e. The van der Waals surface area contributed by atoms with Crippen LogP contribution in [-0.4, -0.2) is 4.98 Å². The van der Waals surface area contributed by atoms with E-state index in [0.29, 0.717) is 16.3 Å². The molecule has 0 fully saturated rings. The zero-order chi connectivity index (χ0) is 11.7. The van der Waals surface area contributed by atoms with E-state index >= 15 is 0 Å². The maximum absolute atomic E-state index is 12.7. The van der Waals surface area contributed by atoms with E-state index in [0.717, 1.165) is 0 Å². The van der Waals surface area contributed by atoms with Gasteiger partial charge in [0.2, 0.25) is 0 Å². The number of nitrogens with two attached hydrogens (primary N) is 1. The van der Waals surface area contributed by atoms with E-state index in [1.165, 1.54) is 30.3 Å². The maximum Gasteiger partial charge on any atom is 0.271 e. The molecule has 0 aliphatic carbocycles. The molecule has 2 rings (SSSR count). The normalized spacial score (nSPS) is 10.4. The standard InChI is InChI=1S/C11H8ClFN2O/c12-8-5-9(14)11(16)15-10(8)6-1-3-7(13)4-2-6/h1-5H,14H2,(H,15,16). The number of rotatable bonds is 1. The van der Waals surface area contributed by atoms with E-state index in [4.69, 9.17) is 17.3 Å². The van der Waals surface area contributed by atoms with E-state index in [1.807, 2.05) is 0 Å². The first-order chi connectivity index (χ1) is 7.58. The van der Waals surface area contributed by atoms with E-state index in [-0.39, 0.29) is 11.5 Å². The fourth-order valence-corrected chi connectivity index (χ4v) is 1.62. The van der Waals surface area contributed by atoms with Crippen LogP contribution in [0.25, 0.3) is 11.3 Å². The van der Waals surface area contributed by atoms with Crippen LogP contribution in [0.15, 0.2) is 35.1 Å². The van der Waals surface area contributed by atoms with Crippen molar-refractivity contribution in [2.75, 3.05) is 5.73 Å². The first-order valence-corrected chi connectivity index (χ1v) is 4.90. The van der Waals surface area contributed by atoms with Gasteiger partial charge < -0.3 is 10.7 Å². The first-order valence-electron chi connectivity index (χ1n) is 4.52. The first kappa shape index (κ1) is 10.7. The van der Waals surface area contributed by atoms with Gasteiger partial charge in [-0.2, -0.15) is 0 Å². The van der Waals surface area contributed by atoms with E-state index < -0.39 is 5.56 Å². The quantitative estimate of drug-likeness (QED) is 0.802. The molecule has 0 aliphatic rings. The van der Waals surface area contributed by atoms with Gasteiger partial charge in [-0.3, -0.25) is 4.79 Å². The second kappa shape index (κ2) is 3.98. The zero-order valence-electron chi connectivity index (χ0n) is 8.13. The van der Waals surface area contributed by atoms with Crippen LogP contribution in [0, 0.1) is 5.82 Å². The Balaban J connectivity index is 2.60. The molecule has 3 nitrogen and oxygen atoms in total. The van der Waals surface area contributed by atoms with E-state index in [1.54, 1.807) is 0 Å². The number of anilines is 1. The number of pyridine rings is 1. The molecular weight excluding hydrogens is 231 g/mol. The molecule has 0 atom stereocenters. The predicted octanol–water partition coefficient (Wildman–Crippen LogP) is 2.42. The smallest absolute Gasteiger partial charge is 0.271 e. The molecule has 0 saturated carbocycles. The number of aromatic amines is 1. The average Bonchev–Trinajstić information content (AvgIpc) is 2.25. The molecule has 0 spiro atoms. The van der Waals surface area contributed by atoms with Crippen molar-refractivity contribution < 1.29 is 4.39 Å². The minimum absolute atomic E-state index is 0.0517. The summed E-state index contributed by atoms with van der Waals surface area (Å²) in [6, 6.07) is 7.02. The fourth-order valence-electron chi connectivity index (χ4n) is 1.35. The van der Waals surface area contributed by atoms with Crippen LogP contribution in [0.1, 0.15) is 0 Å². The van der Waals surface area contributed by atoms with Crippen molar-refractivity contribution in [3.63, 3.8) is 0 Å². The van der Waals surface area contributed by atoms with Crippen LogP contribution < -0.4 is 11.3 Å². The summed E-state index contributed by atoms with van der Waals surface area (Å²) in [5.41, 5.74) is 6.10. The molecule has 2 aromatic rings. The highest BCUT2D eigenvalue weighted by Crippen LogP contribution is 2.25. The molecule has 3 N–H and O–H groups in total. The Labute approximate surface area is 95.7 Å². The summed E-state index contributed by atoms with van der Waals surface area (Å²) < 4.78 is 12.7. The number of halogens is 2. The number of hydrogen-bond acceptors (Lipinski definition) is 2. The molecule has 0 radical (unpaired) electrons. The summed E-state index contributed by atoms with van der Waals surface area (Å²) in [5.74, 6) is -0.349. The Morgan fingerprint density at radius 3 is 2.50 bits per heavy atom. The Kier molecular flexibility index (Phi) is 2.66. The molecule has 0 amide bonds. The molecule has 1 heterocycles. The van der Waals surface area contributed by atoms with Gasteiger partial charge in [-0.15, -0.1) is 0 Å². The molecular formula is C11H8ClFN2O. The third-order valence-electron chi connectivity index (χ3n) is 2.15. The third-order valence-corrected chi connectivity index (χ3v) is 2.45. The zero-order valence-corrected chi connectivity index (χ0v) is 8.88. The summed E-state index contributed by atoms with van der Waals surface area (Å²) in [6.07, 6.45) is 0. The molecule has 1 aromatic carbocycles. The molecule has 16 heavy (non-hydrogen) atoms. The molecule has 0 saturated heterocycles. The minimum atomic E-state index is -0.413. The van der Waals surface area contributed by atoms with Gasteiger partial charge >= 0.3 is 0 Å². The van der Waals surface area contributed by atoms with Gasteiger partial charge in [0.25, 0.3) is 5.56 Å². The van der Waals surface area contributed by atoms with Crippen molar-refractivity contribution in [3.05, 3.63) is 51.5 Å². The van der Waals surface area contributed by atoms with Crippen molar-refractivity contribution in [2.24, 2.45) is 0 Å². The predicted molar refractivity (Wildman–Crippen MR) is 61.9 cm³/mol. The largest absolute Gasteiger partial charge is 0.394 e. The van der Waals surface area contributed by atoms with Crippen LogP contribution in [0.3, 0.4) is 0 Å². The van der Waals surface area contributed by atoms with Crippen molar-refractivity contribution in [2.45, 2.75) is 0 Å². The van der Waals surface area contributed by atoms with Crippen LogP contribution >= 0.6 is 11.6 Å². The number of nitrogens with one attached hydrogen (secondary N) is 1. The Bertz CT molecular complexity index is 578. The van der Waals surface area contributed by atoms with Gasteiger partial charge in [0, 0.05) is 0 Å². The lowest BCUT2D eigenvalue weighted by atomic mass is 10.1. The Morgan fingerprint density at radius 2 is 1.88 bits per heavy atom. The molecule has 82 valence electrons. The average molecular weight is 239 g/mol. The highest BCUT2D eigenvalue weighted by atomic mass is 35.5. The van der Waals surface area contributed by atoms with E-state index in [9.17, 15) is 9.18 Å². The monoisotopic (exact) mass is 238 g/mol. The summed E-state index contributed by atoms with van der Waals surface area (Å²) in [4.78, 5) is 13.9. The van der Waals surface area contributed by atoms with Crippen molar-refractivity contribution in [3.8, 4) is 11.3 Å². The maximum atomic E-state index is 12.7. The Morgan fingerprint density at radius 1 is 1.25 bits per heavy atom. The molecule has 1 aromatic heterocycles. The second-order valence-electron chi connectivity index (χ2n) is 3.28. The number of benzene rings is 1. The van der Waals surface area contributed by atoms with Gasteiger partial charge in [-0.05, 0) is 35.9 Å². The highest BCUT2D eigenvalue weighted by molar-refractivity contribution is 6.33. The van der Waals surface area contributed by atoms with Gasteiger partial charge in [0.05, 0.1) is 16.4 Å². The summed E-state index contributed by atoms with van der Waals surface area (Å²) in [6.45, 7) is 0. The van der Waals surface area contributed by atoms with Crippen molar-refractivity contribution in [1.29, 1.82) is 0 Å². The molecule has 0 aliphatic heterocycles. The number of aromatic nitrogens is 1. The fraction of sp³-hybridized carbons (Fsp3) is 0. The molecule has 5 heteroatoms. The number of H-pyrrole nitrogens is 1. The summed E-state index contributed by atoms with van der Waals surface area (Å²) in [5, 5.41) is 0.323. The third kappa shape index (κ3) is 1.92. The molecule has 0 bridgehead atoms. The van der Waals surface area contributed by atoms with E-state index in [2.05, 4.69) is 4.98 Å². The summed E-state index contributed by atoms with van der Waals surface area (Å²) in [7, 11) is 0. The van der Waals surface area contributed by atoms with Crippen LogP contribution in [0.5, 0.6) is 0 Å². The topological polar surface area (TPSA) is 58.9 Å². The Hall–Kier alpha value is -1.81. The lowest BCUT2D eigenvalue weighted by Crippen LogP contribution is -2.12. The second-order valence-corrected chi connectivity index (χ2v) is 3.69. The van der Waals surface area contributed by atoms with Crippen molar-refractivity contribution in [1.82, 2.24) is 4.98 Å². The SMILES string of the molecule is Nc1cc(Cl)c(-c2ccc(F)cc2)[nH]c1=O. The van der Waals surface area contributed by atoms with Crippen LogP contribution in [-0.2, 0) is 0 Å². The van der Waals surface area contributed by atoms with Crippen molar-refractivity contribution >= 4 is 17.3 Å². The lowest BCUT2D eigenvalue weighted by molar-refractivity contribution is 0.628. The van der Waals surface area contributed by atoms with Gasteiger partial charge in [0.15, 0.2) is 0 Å². The number of hydrogen-bond donors (Lipinski definition) is 2. The number of nitrogen functional groups attached to an aromatic ring is 1. The summed E-state index contributed by atoms with van der Waals surface area (Å²) >= 11 is 5.93. The lowest BCUT2D eigenvalue weighted by Gasteiger charge is -2.04. The van der Waals surface area contributed by atoms with Crippen LogP contribution in [0.2, 0.25) is 5.02 Å². The van der Waals surface area contributed by atoms with Gasteiger partial charge in [-0.25, -0.2) is 4.39 Å². The molecule has 0 unspecified atom stereocenters. The van der Waals surface area contributed by atoms with Gasteiger partial charge in [-0.1, -0.05) is 11.6 Å². The highest BCUT2D eigenvalue weighted by Gasteiger charge is 2.07.